The van der Waals surface area contributed by atoms with Gasteiger partial charge in [0.1, 0.15) is 0 Å². The van der Waals surface area contributed by atoms with Gasteiger partial charge in [0, 0.05) is 61.9 Å². The summed E-state index contributed by atoms with van der Waals surface area (Å²) in [6, 6.07) is 42.9. The maximum atomic E-state index is 12.9. The van der Waals surface area contributed by atoms with Crippen LogP contribution in [0.5, 0.6) is 0 Å². The van der Waals surface area contributed by atoms with E-state index in [2.05, 4.69) is 82.3 Å². The van der Waals surface area contributed by atoms with E-state index in [1.54, 1.807) is 83.4 Å². The summed E-state index contributed by atoms with van der Waals surface area (Å²) in [5.74, 6) is 0. The van der Waals surface area contributed by atoms with Crippen LogP contribution in [0.1, 0.15) is 24.0 Å². The summed E-state index contributed by atoms with van der Waals surface area (Å²) < 4.78 is 10.7. The molecule has 0 heterocycles. The summed E-state index contributed by atoms with van der Waals surface area (Å²) in [6.45, 7) is 3.96. The van der Waals surface area contributed by atoms with Crippen LogP contribution < -0.4 is 21.3 Å². The van der Waals surface area contributed by atoms with Crippen LogP contribution in [-0.4, -0.2) is 48.4 Å². The highest BCUT2D eigenvalue weighted by molar-refractivity contribution is 8.14. The lowest BCUT2D eigenvalue weighted by atomic mass is 10.2. The minimum absolute atomic E-state index is 0.111. The van der Waals surface area contributed by atoms with Gasteiger partial charge in [-0.3, -0.25) is 20.2 Å². The van der Waals surface area contributed by atoms with Gasteiger partial charge in [0.15, 0.2) is 0 Å². The van der Waals surface area contributed by atoms with Crippen LogP contribution in [0, 0.1) is 13.8 Å². The van der Waals surface area contributed by atoms with E-state index in [0.717, 1.165) is 64.0 Å². The molecule has 0 radical (unpaired) electrons. The number of ether oxygens (including phenoxy) is 2. The van der Waals surface area contributed by atoms with Gasteiger partial charge in [0.25, 0.3) is 10.5 Å². The minimum Gasteiger partial charge on any atom is -0.449 e. The van der Waals surface area contributed by atoms with Gasteiger partial charge in [-0.25, -0.2) is 9.59 Å². The molecule has 16 heteroatoms. The highest BCUT2D eigenvalue weighted by Crippen LogP contribution is 2.34. The fourth-order valence-electron chi connectivity index (χ4n) is 5.71. The third-order valence-corrected chi connectivity index (χ3v) is 14.2. The third kappa shape index (κ3) is 15.9. The lowest BCUT2D eigenvalue weighted by Crippen LogP contribution is -2.16. The number of amides is 4. The Bertz CT molecular complexity index is 2350. The summed E-state index contributed by atoms with van der Waals surface area (Å²) >= 11 is 8.91. The fraction of sp³-hybridized carbons (Fsp3) is 0.167. The van der Waals surface area contributed by atoms with Gasteiger partial charge in [-0.15, -0.1) is 23.5 Å². The Morgan fingerprint density at radius 2 is 0.734 bits per heavy atom. The van der Waals surface area contributed by atoms with Crippen molar-refractivity contribution >= 4 is 116 Å². The second kappa shape index (κ2) is 24.8. The molecule has 10 nitrogen and oxygen atoms in total. The molecule has 330 valence electrons. The molecule has 0 aliphatic heterocycles. The van der Waals surface area contributed by atoms with Crippen molar-refractivity contribution in [2.45, 2.75) is 65.9 Å². The number of hydrogen-bond acceptors (Lipinski definition) is 12. The number of aryl methyl sites for hydroxylation is 2. The Morgan fingerprint density at radius 3 is 1.06 bits per heavy atom. The molecule has 0 unspecified atom stereocenters. The molecule has 4 amide bonds. The quantitative estimate of drug-likeness (QED) is 0.0512. The van der Waals surface area contributed by atoms with Gasteiger partial charge in [0.05, 0.1) is 13.2 Å². The first-order valence-electron chi connectivity index (χ1n) is 19.9. The number of carbonyl (C=O) groups excluding carboxylic acids is 4. The van der Waals surface area contributed by atoms with Crippen LogP contribution in [0.15, 0.2) is 173 Å². The van der Waals surface area contributed by atoms with Gasteiger partial charge in [0.2, 0.25) is 0 Å². The molecule has 6 rings (SSSR count). The Kier molecular flexibility index (Phi) is 18.8. The number of rotatable bonds is 17. The monoisotopic (exact) mass is 966 g/mol. The van der Waals surface area contributed by atoms with Gasteiger partial charge >= 0.3 is 12.2 Å². The summed E-state index contributed by atoms with van der Waals surface area (Å²) in [6.07, 6.45) is 3.74. The molecule has 0 saturated heterocycles. The SMILES string of the molecule is CSc1ccc(Sc2ccc(SC(=O)Nc3cc(NC(=O)OCCCCOC(=O)Nc4ccc(C)c(NC(=O)Sc5ccc(Sc6ccc(SC)cc6)cc5)c4)ccc3C)cc2)cc1. The lowest BCUT2D eigenvalue weighted by molar-refractivity contribution is 0.143. The van der Waals surface area contributed by atoms with E-state index in [1.165, 1.54) is 9.79 Å². The molecule has 0 fully saturated rings. The van der Waals surface area contributed by atoms with E-state index >= 15 is 0 Å². The van der Waals surface area contributed by atoms with Crippen LogP contribution in [0.25, 0.3) is 0 Å². The van der Waals surface area contributed by atoms with Gasteiger partial charge in [-0.2, -0.15) is 0 Å². The summed E-state index contributed by atoms with van der Waals surface area (Å²) in [5.41, 5.74) is 3.74. The normalized spacial score (nSPS) is 10.8. The molecule has 0 spiro atoms. The molecule has 0 saturated carbocycles. The Morgan fingerprint density at radius 1 is 0.422 bits per heavy atom. The van der Waals surface area contributed by atoms with Crippen LogP contribution in [0.3, 0.4) is 0 Å². The number of nitrogens with one attached hydrogen (secondary N) is 4. The lowest BCUT2D eigenvalue weighted by Gasteiger charge is -2.12. The zero-order chi connectivity index (χ0) is 45.3. The Labute approximate surface area is 399 Å². The Balaban J connectivity index is 0.855. The largest absolute Gasteiger partial charge is 0.449 e. The van der Waals surface area contributed by atoms with Crippen LogP contribution in [0.2, 0.25) is 0 Å². The topological polar surface area (TPSA) is 135 Å². The molecule has 0 aliphatic carbocycles. The van der Waals surface area contributed by atoms with Crippen molar-refractivity contribution in [3.63, 3.8) is 0 Å². The van der Waals surface area contributed by atoms with Crippen molar-refractivity contribution < 1.29 is 28.7 Å². The highest BCUT2D eigenvalue weighted by atomic mass is 32.2. The van der Waals surface area contributed by atoms with Crippen molar-refractivity contribution in [1.29, 1.82) is 0 Å². The average Bonchev–Trinajstić information content (AvgIpc) is 3.29. The molecule has 0 atom stereocenters. The second-order valence-electron chi connectivity index (χ2n) is 13.8. The predicted octanol–water partition coefficient (Wildman–Crippen LogP) is 15.3. The van der Waals surface area contributed by atoms with Crippen molar-refractivity contribution in [2.75, 3.05) is 47.0 Å². The van der Waals surface area contributed by atoms with Gasteiger partial charge in [-0.1, -0.05) is 35.7 Å². The molecule has 4 N–H and O–H groups in total. The standard InChI is InChI=1S/C48H46N4O6S6/c1-31-7-9-33(29-43(31)51-47(55)63-41-23-19-39(20-24-41)61-37-15-11-35(59-3)12-16-37)49-45(53)57-27-5-6-28-58-46(54)50-34-10-8-32(2)44(30-34)52-48(56)64-42-25-21-40(22-26-42)62-38-17-13-36(60-4)14-18-38/h7-26,29-30H,5-6,27-28H2,1-4H3,(H,49,53)(H,50,54)(H,51,55)(H,52,56). The molecule has 0 aliphatic rings. The van der Waals surface area contributed by atoms with E-state index in [4.69, 9.17) is 9.47 Å². The van der Waals surface area contributed by atoms with Crippen molar-refractivity contribution in [3.8, 4) is 0 Å². The van der Waals surface area contributed by atoms with Crippen molar-refractivity contribution in [2.24, 2.45) is 0 Å². The van der Waals surface area contributed by atoms with E-state index in [-0.39, 0.29) is 23.7 Å². The van der Waals surface area contributed by atoms with Crippen LogP contribution >= 0.6 is 70.6 Å². The molecule has 6 aromatic carbocycles. The fourth-order valence-corrected chi connectivity index (χ4v) is 9.45. The van der Waals surface area contributed by atoms with Gasteiger partial charge in [-0.05, 0) is 195 Å². The predicted molar refractivity (Wildman–Crippen MR) is 269 cm³/mol. The summed E-state index contributed by atoms with van der Waals surface area (Å²) in [5, 5.41) is 10.7. The molecular formula is C48H46N4O6S6. The first kappa shape index (κ1) is 48.4. The second-order valence-corrected chi connectivity index (χ2v) is 20.0. The number of thioether (sulfide) groups is 4. The first-order valence-corrected chi connectivity index (χ1v) is 25.6. The zero-order valence-electron chi connectivity index (χ0n) is 35.4. The minimum atomic E-state index is -0.645. The molecule has 0 bridgehead atoms. The first-order chi connectivity index (χ1) is 31.0. The molecule has 6 aromatic rings. The maximum absolute atomic E-state index is 12.9. The zero-order valence-corrected chi connectivity index (χ0v) is 40.3. The van der Waals surface area contributed by atoms with E-state index in [9.17, 15) is 19.2 Å². The summed E-state index contributed by atoms with van der Waals surface area (Å²) in [4.78, 5) is 59.4. The van der Waals surface area contributed by atoms with E-state index in [1.807, 2.05) is 62.4 Å². The van der Waals surface area contributed by atoms with Crippen LogP contribution in [-0.2, 0) is 9.47 Å². The number of carbonyl (C=O) groups is 4. The van der Waals surface area contributed by atoms with Crippen LogP contribution in [0.4, 0.5) is 41.9 Å². The highest BCUT2D eigenvalue weighted by Gasteiger charge is 2.13. The molecule has 0 aromatic heterocycles. The molecule has 64 heavy (non-hydrogen) atoms. The van der Waals surface area contributed by atoms with Crippen molar-refractivity contribution in [1.82, 2.24) is 0 Å². The average molecular weight is 967 g/mol. The Hall–Kier alpha value is -5.10. The third-order valence-electron chi connectivity index (χ3n) is 9.11. The maximum Gasteiger partial charge on any atom is 0.411 e. The number of benzene rings is 6. The van der Waals surface area contributed by atoms with E-state index < -0.39 is 12.2 Å². The molecular weight excluding hydrogens is 921 g/mol. The number of unbranched alkanes of at least 4 members (excludes halogenated alkanes) is 1. The number of hydrogen-bond donors (Lipinski definition) is 4. The smallest absolute Gasteiger partial charge is 0.411 e. The summed E-state index contributed by atoms with van der Waals surface area (Å²) in [7, 11) is 0. The van der Waals surface area contributed by atoms with E-state index in [0.29, 0.717) is 35.6 Å². The van der Waals surface area contributed by atoms with Gasteiger partial charge < -0.3 is 20.1 Å². The van der Waals surface area contributed by atoms with Crippen molar-refractivity contribution in [3.05, 3.63) is 145 Å². The number of anilines is 4.